The van der Waals surface area contributed by atoms with E-state index in [1.165, 1.54) is 14.2 Å². The number of hydrogen-bond donors (Lipinski definition) is 1. The lowest BCUT2D eigenvalue weighted by Crippen LogP contribution is -2.54. The molecule has 25 heavy (non-hydrogen) atoms. The maximum absolute atomic E-state index is 12.9. The molecule has 7 heteroatoms. The number of rotatable bonds is 6. The standard InChI is InChI=1S/C18H22N2O4S/c1-20(25(3,22)23)18(17(21)24-2,13-14-9-5-4-6-10-14)15-11-7-8-12-16(15)19/h4-12H,13,19H2,1-3H3/t18-/m1/s1. The average molecular weight is 362 g/mol. The number of esters is 1. The highest BCUT2D eigenvalue weighted by Gasteiger charge is 2.50. The first-order valence-corrected chi connectivity index (χ1v) is 9.49. The van der Waals surface area contributed by atoms with Crippen molar-refractivity contribution in [3.63, 3.8) is 0 Å². The van der Waals surface area contributed by atoms with E-state index in [0.717, 1.165) is 16.1 Å². The highest BCUT2D eigenvalue weighted by Crippen LogP contribution is 2.37. The van der Waals surface area contributed by atoms with Crippen molar-refractivity contribution >= 4 is 21.7 Å². The van der Waals surface area contributed by atoms with Crippen molar-refractivity contribution in [3.05, 3.63) is 65.7 Å². The molecule has 0 fully saturated rings. The van der Waals surface area contributed by atoms with Crippen LogP contribution in [-0.4, -0.2) is 39.1 Å². The number of benzene rings is 2. The molecule has 6 nitrogen and oxygen atoms in total. The Hall–Kier alpha value is -2.38. The Bertz CT molecular complexity index is 852. The number of sulfonamides is 1. The number of anilines is 1. The van der Waals surface area contributed by atoms with Crippen LogP contribution in [0.15, 0.2) is 54.6 Å². The predicted molar refractivity (Wildman–Crippen MR) is 97.3 cm³/mol. The van der Waals surface area contributed by atoms with Crippen LogP contribution in [0.4, 0.5) is 5.69 Å². The molecule has 0 spiro atoms. The summed E-state index contributed by atoms with van der Waals surface area (Å²) in [6, 6.07) is 15.9. The zero-order valence-corrected chi connectivity index (χ0v) is 15.3. The molecule has 0 bridgehead atoms. The van der Waals surface area contributed by atoms with Gasteiger partial charge in [-0.05, 0) is 11.6 Å². The first-order chi connectivity index (χ1) is 11.7. The van der Waals surface area contributed by atoms with E-state index in [1.807, 2.05) is 30.3 Å². The Morgan fingerprint density at radius 2 is 1.68 bits per heavy atom. The van der Waals surface area contributed by atoms with E-state index < -0.39 is 21.5 Å². The van der Waals surface area contributed by atoms with Crippen LogP contribution < -0.4 is 5.73 Å². The molecule has 1 atom stereocenters. The van der Waals surface area contributed by atoms with E-state index in [2.05, 4.69) is 0 Å². The Morgan fingerprint density at radius 3 is 2.20 bits per heavy atom. The maximum atomic E-state index is 12.9. The van der Waals surface area contributed by atoms with Crippen molar-refractivity contribution in [2.75, 3.05) is 26.1 Å². The highest BCUT2D eigenvalue weighted by molar-refractivity contribution is 7.88. The van der Waals surface area contributed by atoms with Gasteiger partial charge in [0.1, 0.15) is 0 Å². The number of nitrogens with zero attached hydrogens (tertiary/aromatic N) is 1. The molecule has 134 valence electrons. The number of hydrogen-bond acceptors (Lipinski definition) is 5. The molecule has 0 aliphatic rings. The summed E-state index contributed by atoms with van der Waals surface area (Å²) in [4.78, 5) is 12.9. The van der Waals surface area contributed by atoms with Gasteiger partial charge in [0, 0.05) is 24.7 Å². The van der Waals surface area contributed by atoms with Crippen LogP contribution in [0, 0.1) is 0 Å². The Labute approximate surface area is 148 Å². The molecule has 0 aliphatic carbocycles. The minimum Gasteiger partial charge on any atom is -0.467 e. The van der Waals surface area contributed by atoms with E-state index in [9.17, 15) is 13.2 Å². The van der Waals surface area contributed by atoms with E-state index >= 15 is 0 Å². The van der Waals surface area contributed by atoms with Crippen LogP contribution in [0.25, 0.3) is 0 Å². The first-order valence-electron chi connectivity index (χ1n) is 7.65. The van der Waals surface area contributed by atoms with Gasteiger partial charge in [0.05, 0.1) is 13.4 Å². The molecule has 0 radical (unpaired) electrons. The lowest BCUT2D eigenvalue weighted by molar-refractivity contribution is -0.152. The van der Waals surface area contributed by atoms with Gasteiger partial charge >= 0.3 is 5.97 Å². The van der Waals surface area contributed by atoms with Crippen LogP contribution in [0.1, 0.15) is 11.1 Å². The summed E-state index contributed by atoms with van der Waals surface area (Å²) in [6.07, 6.45) is 1.15. The number of likely N-dealkylation sites (N-methyl/N-ethyl adjacent to an activating group) is 1. The van der Waals surface area contributed by atoms with Crippen molar-refractivity contribution < 1.29 is 17.9 Å². The summed E-state index contributed by atoms with van der Waals surface area (Å²) >= 11 is 0. The van der Waals surface area contributed by atoms with Crippen molar-refractivity contribution in [1.82, 2.24) is 4.31 Å². The summed E-state index contributed by atoms with van der Waals surface area (Å²) in [5.74, 6) is -0.692. The average Bonchev–Trinajstić information content (AvgIpc) is 2.59. The highest BCUT2D eigenvalue weighted by atomic mass is 32.2. The number of carbonyl (C=O) groups excluding carboxylic acids is 1. The normalized spacial score (nSPS) is 14.1. The van der Waals surface area contributed by atoms with Crippen molar-refractivity contribution in [3.8, 4) is 0 Å². The third-order valence-corrected chi connectivity index (χ3v) is 5.57. The van der Waals surface area contributed by atoms with Crippen molar-refractivity contribution in [1.29, 1.82) is 0 Å². The number of ether oxygens (including phenoxy) is 1. The number of carbonyl (C=O) groups is 1. The zero-order valence-electron chi connectivity index (χ0n) is 14.5. The fourth-order valence-electron chi connectivity index (χ4n) is 2.90. The van der Waals surface area contributed by atoms with Crippen LogP contribution in [-0.2, 0) is 31.5 Å². The summed E-state index contributed by atoms with van der Waals surface area (Å²) in [5.41, 5.74) is 5.99. The predicted octanol–water partition coefficient (Wildman–Crippen LogP) is 1.77. The van der Waals surface area contributed by atoms with Gasteiger partial charge in [-0.15, -0.1) is 0 Å². The molecule has 0 saturated heterocycles. The quantitative estimate of drug-likeness (QED) is 0.625. The Kier molecular flexibility index (Phi) is 5.49. The van der Waals surface area contributed by atoms with Gasteiger partial charge in [-0.3, -0.25) is 0 Å². The SMILES string of the molecule is COC(=O)[C@@](Cc1ccccc1)(c1ccccc1N)N(C)S(C)(=O)=O. The molecule has 0 heterocycles. The Balaban J connectivity index is 2.79. The molecule has 0 unspecified atom stereocenters. The van der Waals surface area contributed by atoms with E-state index in [4.69, 9.17) is 10.5 Å². The van der Waals surface area contributed by atoms with E-state index in [0.29, 0.717) is 11.3 Å². The van der Waals surface area contributed by atoms with Crippen LogP contribution in [0.2, 0.25) is 0 Å². The second-order valence-electron chi connectivity index (χ2n) is 5.83. The van der Waals surface area contributed by atoms with Crippen LogP contribution >= 0.6 is 0 Å². The van der Waals surface area contributed by atoms with Gasteiger partial charge in [0.2, 0.25) is 10.0 Å². The third-order valence-electron chi connectivity index (χ3n) is 4.27. The lowest BCUT2D eigenvalue weighted by atomic mass is 9.82. The first kappa shape index (κ1) is 19.0. The molecule has 2 aromatic carbocycles. The molecule has 2 N–H and O–H groups in total. The third kappa shape index (κ3) is 3.67. The molecule has 0 saturated carbocycles. The number of nitrogen functional groups attached to an aromatic ring is 1. The fraction of sp³-hybridized carbons (Fsp3) is 0.278. The zero-order chi connectivity index (χ0) is 18.7. The van der Waals surface area contributed by atoms with Gasteiger partial charge in [-0.2, -0.15) is 4.31 Å². The van der Waals surface area contributed by atoms with E-state index in [1.54, 1.807) is 24.3 Å². The second-order valence-corrected chi connectivity index (χ2v) is 7.85. The monoisotopic (exact) mass is 362 g/mol. The molecule has 2 aromatic rings. The van der Waals surface area contributed by atoms with Crippen LogP contribution in [0.3, 0.4) is 0 Å². The van der Waals surface area contributed by atoms with Crippen LogP contribution in [0.5, 0.6) is 0 Å². The summed E-state index contributed by atoms with van der Waals surface area (Å²) in [6.45, 7) is 0. The Morgan fingerprint density at radius 1 is 1.12 bits per heavy atom. The maximum Gasteiger partial charge on any atom is 0.332 e. The number of methoxy groups -OCH3 is 1. The number of nitrogens with two attached hydrogens (primary N) is 1. The van der Waals surface area contributed by atoms with E-state index in [-0.39, 0.29) is 6.42 Å². The smallest absolute Gasteiger partial charge is 0.332 e. The summed E-state index contributed by atoms with van der Waals surface area (Å²) < 4.78 is 30.7. The van der Waals surface area contributed by atoms with Gasteiger partial charge < -0.3 is 10.5 Å². The molecule has 0 aromatic heterocycles. The van der Waals surface area contributed by atoms with Gasteiger partial charge in [-0.1, -0.05) is 48.5 Å². The van der Waals surface area contributed by atoms with Gasteiger partial charge in [-0.25, -0.2) is 13.2 Å². The summed E-state index contributed by atoms with van der Waals surface area (Å²) in [5, 5.41) is 0. The van der Waals surface area contributed by atoms with Gasteiger partial charge in [0.25, 0.3) is 0 Å². The summed E-state index contributed by atoms with van der Waals surface area (Å²) in [7, 11) is -1.13. The van der Waals surface area contributed by atoms with Crippen molar-refractivity contribution in [2.24, 2.45) is 0 Å². The molecular weight excluding hydrogens is 340 g/mol. The molecule has 0 amide bonds. The molecule has 2 rings (SSSR count). The fourth-order valence-corrected chi connectivity index (χ4v) is 3.71. The second kappa shape index (κ2) is 7.25. The minimum atomic E-state index is -3.72. The minimum absolute atomic E-state index is 0.0955. The molecule has 0 aliphatic heterocycles. The lowest BCUT2D eigenvalue weighted by Gasteiger charge is -2.39. The molecular formula is C18H22N2O4S. The largest absolute Gasteiger partial charge is 0.467 e. The topological polar surface area (TPSA) is 89.7 Å². The van der Waals surface area contributed by atoms with Gasteiger partial charge in [0.15, 0.2) is 5.54 Å². The number of para-hydroxylation sites is 1. The van der Waals surface area contributed by atoms with Crippen molar-refractivity contribution in [2.45, 2.75) is 12.0 Å².